The molecule has 1 unspecified atom stereocenters. The molecule has 0 saturated carbocycles. The zero-order valence-corrected chi connectivity index (χ0v) is 13.5. The first-order valence-corrected chi connectivity index (χ1v) is 8.11. The van der Waals surface area contributed by atoms with Gasteiger partial charge < -0.3 is 9.64 Å². The molecule has 0 N–H and O–H groups in total. The highest BCUT2D eigenvalue weighted by Gasteiger charge is 2.35. The Balaban J connectivity index is 1.69. The van der Waals surface area contributed by atoms with Crippen molar-refractivity contribution in [1.82, 2.24) is 4.90 Å². The van der Waals surface area contributed by atoms with Gasteiger partial charge in [-0.15, -0.1) is 0 Å². The van der Waals surface area contributed by atoms with Crippen LogP contribution in [0.25, 0.3) is 5.57 Å². The van der Waals surface area contributed by atoms with Crippen LogP contribution < -0.4 is 4.74 Å². The molecule has 1 atom stereocenters. The van der Waals surface area contributed by atoms with E-state index in [1.165, 1.54) is 0 Å². The zero-order valence-electron chi connectivity index (χ0n) is 13.5. The molecule has 3 aliphatic heterocycles. The number of amides is 1. The van der Waals surface area contributed by atoms with Crippen molar-refractivity contribution < 1.29 is 9.53 Å². The van der Waals surface area contributed by atoms with Gasteiger partial charge in [0.15, 0.2) is 0 Å². The molecule has 3 aliphatic rings. The van der Waals surface area contributed by atoms with Crippen LogP contribution in [0.2, 0.25) is 0 Å². The Labute approximate surface area is 140 Å². The molecule has 24 heavy (non-hydrogen) atoms. The Morgan fingerprint density at radius 3 is 2.83 bits per heavy atom. The van der Waals surface area contributed by atoms with Crippen molar-refractivity contribution in [3.63, 3.8) is 0 Å². The number of aliphatic imine (C=N–C) groups is 3. The molecule has 1 fully saturated rings. The monoisotopic (exact) mass is 322 g/mol. The van der Waals surface area contributed by atoms with Crippen molar-refractivity contribution in [3.05, 3.63) is 35.9 Å². The second-order valence-corrected chi connectivity index (χ2v) is 5.98. The van der Waals surface area contributed by atoms with Crippen LogP contribution >= 0.6 is 0 Å². The van der Waals surface area contributed by atoms with Crippen molar-refractivity contribution in [2.24, 2.45) is 20.9 Å². The second-order valence-electron chi connectivity index (χ2n) is 5.98. The Morgan fingerprint density at radius 1 is 1.21 bits per heavy atom. The van der Waals surface area contributed by atoms with Crippen LogP contribution in [0.5, 0.6) is 5.75 Å². The maximum Gasteiger partial charge on any atom is 0.264 e. The average molecular weight is 322 g/mol. The minimum atomic E-state index is -0.534. The Kier molecular flexibility index (Phi) is 3.72. The van der Waals surface area contributed by atoms with Gasteiger partial charge in [-0.1, -0.05) is 12.1 Å². The first-order chi connectivity index (χ1) is 11.8. The quantitative estimate of drug-likeness (QED) is 0.838. The van der Waals surface area contributed by atoms with Crippen LogP contribution in [-0.2, 0) is 4.79 Å². The number of hydrogen-bond donors (Lipinski definition) is 0. The third-order valence-electron chi connectivity index (χ3n) is 4.49. The van der Waals surface area contributed by atoms with Crippen molar-refractivity contribution in [1.29, 1.82) is 0 Å². The molecule has 1 aromatic rings. The van der Waals surface area contributed by atoms with Gasteiger partial charge in [0.05, 0.1) is 7.11 Å². The molecule has 3 heterocycles. The van der Waals surface area contributed by atoms with Crippen LogP contribution in [0.15, 0.2) is 45.3 Å². The molecular weight excluding hydrogens is 304 g/mol. The topological polar surface area (TPSA) is 66.6 Å². The number of carbonyl (C=O) groups is 1. The number of fused-ring (bicyclic) bond motifs is 1. The number of dihydropyridines is 1. The third kappa shape index (κ3) is 2.54. The molecule has 0 aliphatic carbocycles. The van der Waals surface area contributed by atoms with Gasteiger partial charge in [0, 0.05) is 19.3 Å². The van der Waals surface area contributed by atoms with Gasteiger partial charge in [-0.3, -0.25) is 4.79 Å². The first-order valence-electron chi connectivity index (χ1n) is 8.11. The van der Waals surface area contributed by atoms with Gasteiger partial charge >= 0.3 is 0 Å². The second kappa shape index (κ2) is 6.03. The lowest BCUT2D eigenvalue weighted by Crippen LogP contribution is -2.36. The summed E-state index contributed by atoms with van der Waals surface area (Å²) in [6.45, 7) is 1.80. The smallest absolute Gasteiger partial charge is 0.264 e. The number of nitrogens with zero attached hydrogens (tertiary/aromatic N) is 4. The number of amidine groups is 1. The lowest BCUT2D eigenvalue weighted by atomic mass is 9.88. The summed E-state index contributed by atoms with van der Waals surface area (Å²) in [5.41, 5.74) is 1.78. The number of ether oxygens (including phenoxy) is 1. The standard InChI is InChI=1S/C18H18N4O2/c1-24-13-6-4-5-12(11-13)14-7-8-19-16-15(14)17(23)21-18(20-16)22-9-2-3-10-22/h4-8,11,15H,2-3,9-10H2,1H3. The molecule has 1 amide bonds. The molecule has 122 valence electrons. The van der Waals surface area contributed by atoms with Gasteiger partial charge in [0.1, 0.15) is 17.5 Å². The summed E-state index contributed by atoms with van der Waals surface area (Å²) in [6, 6.07) is 7.65. The van der Waals surface area contributed by atoms with Crippen LogP contribution in [-0.4, -0.2) is 49.0 Å². The van der Waals surface area contributed by atoms with E-state index < -0.39 is 5.92 Å². The summed E-state index contributed by atoms with van der Waals surface area (Å²) in [6.07, 6.45) is 5.77. The van der Waals surface area contributed by atoms with E-state index in [4.69, 9.17) is 4.74 Å². The van der Waals surface area contributed by atoms with Crippen LogP contribution in [0, 0.1) is 5.92 Å². The summed E-state index contributed by atoms with van der Waals surface area (Å²) in [5.74, 6) is 1.05. The number of methoxy groups -OCH3 is 1. The predicted octanol–water partition coefficient (Wildman–Crippen LogP) is 2.17. The van der Waals surface area contributed by atoms with E-state index in [1.54, 1.807) is 13.3 Å². The van der Waals surface area contributed by atoms with Crippen LogP contribution in [0.3, 0.4) is 0 Å². The number of carbonyl (C=O) groups excluding carboxylic acids is 1. The predicted molar refractivity (Wildman–Crippen MR) is 93.6 cm³/mol. The van der Waals surface area contributed by atoms with Gasteiger partial charge in [-0.25, -0.2) is 4.99 Å². The van der Waals surface area contributed by atoms with Gasteiger partial charge in [0.2, 0.25) is 5.96 Å². The van der Waals surface area contributed by atoms with Gasteiger partial charge in [-0.2, -0.15) is 9.98 Å². The molecule has 0 bridgehead atoms. The highest BCUT2D eigenvalue weighted by atomic mass is 16.5. The van der Waals surface area contributed by atoms with Gasteiger partial charge in [0.25, 0.3) is 5.91 Å². The van der Waals surface area contributed by atoms with Crippen molar-refractivity contribution in [2.75, 3.05) is 20.2 Å². The van der Waals surface area contributed by atoms with E-state index in [0.717, 1.165) is 42.8 Å². The lowest BCUT2D eigenvalue weighted by molar-refractivity contribution is -0.118. The minimum Gasteiger partial charge on any atom is -0.497 e. The number of allylic oxidation sites excluding steroid dienone is 1. The van der Waals surface area contributed by atoms with Crippen molar-refractivity contribution in [3.8, 4) is 5.75 Å². The molecule has 1 aromatic carbocycles. The molecule has 4 rings (SSSR count). The molecular formula is C18H18N4O2. The highest BCUT2D eigenvalue weighted by Crippen LogP contribution is 2.32. The van der Waals surface area contributed by atoms with E-state index in [2.05, 4.69) is 19.9 Å². The third-order valence-corrected chi connectivity index (χ3v) is 4.49. The average Bonchev–Trinajstić information content (AvgIpc) is 3.16. The largest absolute Gasteiger partial charge is 0.497 e. The fourth-order valence-electron chi connectivity index (χ4n) is 3.26. The van der Waals surface area contributed by atoms with Crippen LogP contribution in [0.4, 0.5) is 0 Å². The fourth-order valence-corrected chi connectivity index (χ4v) is 3.26. The van der Waals surface area contributed by atoms with E-state index >= 15 is 0 Å². The molecule has 6 heteroatoms. The van der Waals surface area contributed by atoms with E-state index in [1.807, 2.05) is 30.3 Å². The summed E-state index contributed by atoms with van der Waals surface area (Å²) < 4.78 is 5.28. The lowest BCUT2D eigenvalue weighted by Gasteiger charge is -2.26. The number of hydrogen-bond acceptors (Lipinski definition) is 5. The van der Waals surface area contributed by atoms with E-state index in [0.29, 0.717) is 11.8 Å². The fraction of sp³-hybridized carbons (Fsp3) is 0.333. The molecule has 6 nitrogen and oxygen atoms in total. The van der Waals surface area contributed by atoms with E-state index in [-0.39, 0.29) is 5.91 Å². The van der Waals surface area contributed by atoms with Crippen LogP contribution in [0.1, 0.15) is 18.4 Å². The maximum absolute atomic E-state index is 12.7. The maximum atomic E-state index is 12.7. The highest BCUT2D eigenvalue weighted by molar-refractivity contribution is 6.25. The molecule has 1 saturated heterocycles. The number of rotatable bonds is 2. The zero-order chi connectivity index (χ0) is 16.5. The summed E-state index contributed by atoms with van der Waals surface area (Å²) in [7, 11) is 1.63. The van der Waals surface area contributed by atoms with Crippen molar-refractivity contribution in [2.45, 2.75) is 12.8 Å². The van der Waals surface area contributed by atoms with Gasteiger partial charge in [-0.05, 0) is 42.2 Å². The molecule has 0 radical (unpaired) electrons. The summed E-state index contributed by atoms with van der Waals surface area (Å²) >= 11 is 0. The minimum absolute atomic E-state index is 0.201. The van der Waals surface area contributed by atoms with Crippen molar-refractivity contribution >= 4 is 29.5 Å². The number of likely N-dealkylation sites (tertiary alicyclic amines) is 1. The Morgan fingerprint density at radius 2 is 2.04 bits per heavy atom. The summed E-state index contributed by atoms with van der Waals surface area (Å²) in [4.78, 5) is 27.9. The molecule has 0 spiro atoms. The molecule has 0 aromatic heterocycles. The normalized spacial score (nSPS) is 22.7. The SMILES string of the molecule is COc1cccc(C2=CC=NC3=NC(N4CCCC4)=NC(=O)C23)c1. The van der Waals surface area contributed by atoms with E-state index in [9.17, 15) is 4.79 Å². The number of guanidine groups is 1. The number of benzene rings is 1. The Bertz CT molecular complexity index is 801. The summed E-state index contributed by atoms with van der Waals surface area (Å²) in [5, 5.41) is 0. The Hall–Kier alpha value is -2.76. The first kappa shape index (κ1) is 14.8.